The molecule has 1 aliphatic heterocycles. The Balaban J connectivity index is 1.12. The van der Waals surface area contributed by atoms with Crippen molar-refractivity contribution in [2.75, 3.05) is 13.7 Å². The first-order valence-corrected chi connectivity index (χ1v) is 15.2. The number of amides is 2. The van der Waals surface area contributed by atoms with E-state index in [4.69, 9.17) is 9.72 Å². The summed E-state index contributed by atoms with van der Waals surface area (Å²) in [7, 11) is 1.31. The molecule has 2 amide bonds. The van der Waals surface area contributed by atoms with Crippen LogP contribution in [0.4, 0.5) is 4.79 Å². The molecule has 2 aliphatic rings. The van der Waals surface area contributed by atoms with E-state index in [0.29, 0.717) is 6.54 Å². The monoisotopic (exact) mass is 588 g/mol. The topological polar surface area (TPSA) is 116 Å². The molecule has 2 unspecified atom stereocenters. The lowest BCUT2D eigenvalue weighted by molar-refractivity contribution is -0.135. The average Bonchev–Trinajstić information content (AvgIpc) is 3.43. The number of H-pyrrole nitrogens is 2. The third-order valence-electron chi connectivity index (χ3n) is 9.23. The van der Waals surface area contributed by atoms with Crippen LogP contribution in [0.3, 0.4) is 0 Å². The Kier molecular flexibility index (Phi) is 6.95. The highest BCUT2D eigenvalue weighted by molar-refractivity contribution is 5.91. The number of carbonyl (C=O) groups is 2. The van der Waals surface area contributed by atoms with Crippen LogP contribution in [0.25, 0.3) is 44.4 Å². The first kappa shape index (κ1) is 27.9. The molecule has 0 radical (unpaired) electrons. The maximum Gasteiger partial charge on any atom is 0.407 e. The van der Waals surface area contributed by atoms with Crippen LogP contribution in [0.15, 0.2) is 79.4 Å². The molecular weight excluding hydrogens is 552 g/mol. The predicted octanol–water partition coefficient (Wildman–Crippen LogP) is 6.72. The zero-order valence-corrected chi connectivity index (χ0v) is 25.1. The van der Waals surface area contributed by atoms with Gasteiger partial charge in [-0.2, -0.15) is 0 Å². The van der Waals surface area contributed by atoms with E-state index >= 15 is 0 Å². The lowest BCUT2D eigenvalue weighted by Gasteiger charge is -2.30. The summed E-state index contributed by atoms with van der Waals surface area (Å²) < 4.78 is 4.79. The first-order valence-electron chi connectivity index (χ1n) is 15.2. The highest BCUT2D eigenvalue weighted by atomic mass is 16.5. The van der Waals surface area contributed by atoms with E-state index in [-0.39, 0.29) is 23.3 Å². The smallest absolute Gasteiger partial charge is 0.407 e. The van der Waals surface area contributed by atoms with Crippen molar-refractivity contribution in [3.8, 4) is 33.6 Å². The third-order valence-corrected chi connectivity index (χ3v) is 9.23. The quantitative estimate of drug-likeness (QED) is 0.195. The maximum atomic E-state index is 13.8. The van der Waals surface area contributed by atoms with Gasteiger partial charge in [0, 0.05) is 12.1 Å². The average molecular weight is 589 g/mol. The third kappa shape index (κ3) is 5.23. The molecule has 1 aliphatic carbocycles. The second-order valence-corrected chi connectivity index (χ2v) is 12.5. The molecule has 7 rings (SSSR count). The molecule has 0 bridgehead atoms. The van der Waals surface area contributed by atoms with Gasteiger partial charge in [0.25, 0.3) is 0 Å². The zero-order chi connectivity index (χ0) is 30.4. The van der Waals surface area contributed by atoms with E-state index in [2.05, 4.69) is 80.9 Å². The van der Waals surface area contributed by atoms with Gasteiger partial charge in [-0.1, -0.05) is 62.4 Å². The number of hydrogen-bond donors (Lipinski definition) is 3. The molecule has 2 atom stereocenters. The molecular formula is C35H36N6O3. The van der Waals surface area contributed by atoms with Crippen molar-refractivity contribution >= 4 is 22.8 Å². The number of ether oxygens (including phenoxy) is 1. The van der Waals surface area contributed by atoms with Crippen molar-refractivity contribution in [3.05, 3.63) is 85.2 Å². The van der Waals surface area contributed by atoms with Gasteiger partial charge in [-0.25, -0.2) is 14.8 Å². The van der Waals surface area contributed by atoms with Gasteiger partial charge < -0.3 is 24.9 Å². The van der Waals surface area contributed by atoms with E-state index in [9.17, 15) is 9.59 Å². The van der Waals surface area contributed by atoms with Crippen LogP contribution in [-0.4, -0.2) is 56.5 Å². The number of carbonyl (C=O) groups excluding carboxylic acids is 2. The first-order chi connectivity index (χ1) is 21.3. The second kappa shape index (κ2) is 11.0. The number of imidazole rings is 2. The van der Waals surface area contributed by atoms with Crippen molar-refractivity contribution in [3.63, 3.8) is 0 Å². The molecule has 9 heteroatoms. The standard InChI is InChI=1S/C35H36N6O3/c1-21(2)31(40-34(43)44-3)33(42)41-19-35(12-13-35)16-30(41)32-37-18-29(39-32)27-11-10-25-14-24(8-9-26(25)15-27)22-4-6-23(7-5-22)28-17-36-20-38-28/h4-11,14-15,17-18,20-21,30-31H,12-13,16,19H2,1-3H3,(H,36,38)(H,37,39)(H,40,43). The van der Waals surface area contributed by atoms with Crippen molar-refractivity contribution in [2.45, 2.75) is 45.2 Å². The Morgan fingerprint density at radius 2 is 1.61 bits per heavy atom. The van der Waals surface area contributed by atoms with E-state index in [1.807, 2.05) is 31.1 Å². The maximum absolute atomic E-state index is 13.8. The number of likely N-dealkylation sites (tertiary alicyclic amines) is 1. The molecule has 3 aromatic carbocycles. The number of fused-ring (bicyclic) bond motifs is 1. The van der Waals surface area contributed by atoms with Crippen LogP contribution >= 0.6 is 0 Å². The van der Waals surface area contributed by atoms with Crippen LogP contribution in [0, 0.1) is 11.3 Å². The number of aromatic amines is 2. The molecule has 44 heavy (non-hydrogen) atoms. The van der Waals surface area contributed by atoms with Gasteiger partial charge in [-0.15, -0.1) is 0 Å². The lowest BCUT2D eigenvalue weighted by atomic mass is 9.98. The largest absolute Gasteiger partial charge is 0.453 e. The fourth-order valence-corrected chi connectivity index (χ4v) is 6.45. The van der Waals surface area contributed by atoms with Crippen LogP contribution in [0.1, 0.15) is 45.0 Å². The molecule has 1 spiro atoms. The normalized spacial score (nSPS) is 17.7. The summed E-state index contributed by atoms with van der Waals surface area (Å²) in [6, 6.07) is 20.6. The van der Waals surface area contributed by atoms with Crippen molar-refractivity contribution in [1.29, 1.82) is 0 Å². The van der Waals surface area contributed by atoms with E-state index in [1.165, 1.54) is 7.11 Å². The minimum atomic E-state index is -0.659. The van der Waals surface area contributed by atoms with Crippen LogP contribution in [-0.2, 0) is 9.53 Å². The molecule has 1 saturated heterocycles. The number of rotatable bonds is 7. The fraction of sp³-hybridized carbons (Fsp3) is 0.314. The summed E-state index contributed by atoms with van der Waals surface area (Å²) in [6.45, 7) is 4.55. The van der Waals surface area contributed by atoms with Gasteiger partial charge >= 0.3 is 6.09 Å². The summed E-state index contributed by atoms with van der Waals surface area (Å²) in [5, 5.41) is 5.04. The molecule has 2 fully saturated rings. The SMILES string of the molecule is COC(=O)NC(C(=O)N1CC2(CC2)CC1c1ncc(-c2ccc3cc(-c4ccc(-c5cnc[nH]5)cc4)ccc3c2)[nH]1)C(C)C. The molecule has 2 aromatic heterocycles. The Hall–Kier alpha value is -4.92. The van der Waals surface area contributed by atoms with Gasteiger partial charge in [0.05, 0.1) is 43.3 Å². The summed E-state index contributed by atoms with van der Waals surface area (Å²) in [6.07, 6.45) is 7.87. The van der Waals surface area contributed by atoms with Gasteiger partial charge in [0.2, 0.25) is 5.91 Å². The predicted molar refractivity (Wildman–Crippen MR) is 169 cm³/mol. The van der Waals surface area contributed by atoms with Crippen molar-refractivity contribution in [1.82, 2.24) is 30.2 Å². The highest BCUT2D eigenvalue weighted by Gasteiger charge is 2.55. The number of alkyl carbamates (subject to hydrolysis) is 1. The number of nitrogens with zero attached hydrogens (tertiary/aromatic N) is 3. The van der Waals surface area contributed by atoms with E-state index < -0.39 is 12.1 Å². The number of benzene rings is 3. The number of nitrogens with one attached hydrogen (secondary N) is 3. The summed E-state index contributed by atoms with van der Waals surface area (Å²) in [5.41, 5.74) is 6.52. The lowest BCUT2D eigenvalue weighted by Crippen LogP contribution is -2.51. The van der Waals surface area contributed by atoms with Crippen LogP contribution in [0.2, 0.25) is 0 Å². The van der Waals surface area contributed by atoms with Crippen LogP contribution in [0.5, 0.6) is 0 Å². The Bertz CT molecular complexity index is 1820. The molecule has 3 heterocycles. The summed E-state index contributed by atoms with van der Waals surface area (Å²) in [5.74, 6) is 0.617. The van der Waals surface area contributed by atoms with Gasteiger partial charge in [0.15, 0.2) is 0 Å². The highest BCUT2D eigenvalue weighted by Crippen LogP contribution is 2.58. The Labute approximate surface area is 256 Å². The number of aromatic nitrogens is 4. The molecule has 1 saturated carbocycles. The Morgan fingerprint density at radius 1 is 0.932 bits per heavy atom. The van der Waals surface area contributed by atoms with Crippen molar-refractivity contribution < 1.29 is 14.3 Å². The zero-order valence-electron chi connectivity index (χ0n) is 25.1. The minimum absolute atomic E-state index is 0.0791. The van der Waals surface area contributed by atoms with Crippen LogP contribution < -0.4 is 5.32 Å². The molecule has 224 valence electrons. The van der Waals surface area contributed by atoms with Gasteiger partial charge in [0.1, 0.15) is 11.9 Å². The Morgan fingerprint density at radius 3 is 2.27 bits per heavy atom. The molecule has 3 N–H and O–H groups in total. The number of hydrogen-bond acceptors (Lipinski definition) is 5. The summed E-state index contributed by atoms with van der Waals surface area (Å²) in [4.78, 5) is 43.3. The summed E-state index contributed by atoms with van der Waals surface area (Å²) >= 11 is 0. The minimum Gasteiger partial charge on any atom is -0.453 e. The fourth-order valence-electron chi connectivity index (χ4n) is 6.45. The van der Waals surface area contributed by atoms with E-state index in [0.717, 1.165) is 69.5 Å². The van der Waals surface area contributed by atoms with Gasteiger partial charge in [-0.05, 0) is 70.2 Å². The molecule has 5 aromatic rings. The molecule has 9 nitrogen and oxygen atoms in total. The second-order valence-electron chi connectivity index (χ2n) is 12.5. The van der Waals surface area contributed by atoms with E-state index in [1.54, 1.807) is 6.33 Å². The number of methoxy groups -OCH3 is 1. The van der Waals surface area contributed by atoms with Gasteiger partial charge in [-0.3, -0.25) is 4.79 Å². The van der Waals surface area contributed by atoms with Crippen molar-refractivity contribution in [2.24, 2.45) is 11.3 Å².